The van der Waals surface area contributed by atoms with Crippen LogP contribution in [0.4, 0.5) is 5.95 Å². The predicted octanol–water partition coefficient (Wildman–Crippen LogP) is 3.33. The lowest BCUT2D eigenvalue weighted by Crippen LogP contribution is -2.27. The van der Waals surface area contributed by atoms with Crippen LogP contribution in [0.3, 0.4) is 0 Å². The van der Waals surface area contributed by atoms with Gasteiger partial charge in [0.2, 0.25) is 5.95 Å². The van der Waals surface area contributed by atoms with Gasteiger partial charge in [0.1, 0.15) is 12.4 Å². The number of aromatic nitrogens is 3. The number of carbonyl (C=O) groups excluding carboxylic acids is 1. The molecule has 3 rings (SSSR count). The first kappa shape index (κ1) is 17.5. The standard InChI is InChI=1S/C17H19BrN4O3/c1-5-25-16-12(18)6-11(7-13(16)24-4)15-14(10(3)23)9(2)21-17-19-8-20-22(15)17/h6-8,15H,5H2,1-4H3,(H,19,20,21). The lowest BCUT2D eigenvalue weighted by atomic mass is 9.93. The molecule has 0 fully saturated rings. The Morgan fingerprint density at radius 1 is 1.44 bits per heavy atom. The number of carbonyl (C=O) groups is 1. The van der Waals surface area contributed by atoms with Crippen LogP contribution in [0.1, 0.15) is 32.4 Å². The second-order valence-corrected chi connectivity index (χ2v) is 6.47. The molecule has 132 valence electrons. The molecule has 0 amide bonds. The lowest BCUT2D eigenvalue weighted by molar-refractivity contribution is -0.114. The van der Waals surface area contributed by atoms with E-state index in [9.17, 15) is 4.79 Å². The largest absolute Gasteiger partial charge is 0.493 e. The summed E-state index contributed by atoms with van der Waals surface area (Å²) in [7, 11) is 1.59. The van der Waals surface area contributed by atoms with Crippen molar-refractivity contribution in [1.82, 2.24) is 14.8 Å². The molecule has 25 heavy (non-hydrogen) atoms. The fourth-order valence-corrected chi connectivity index (χ4v) is 3.61. The van der Waals surface area contributed by atoms with Gasteiger partial charge in [0.15, 0.2) is 17.3 Å². The van der Waals surface area contributed by atoms with Crippen LogP contribution in [-0.4, -0.2) is 34.3 Å². The minimum atomic E-state index is -0.392. The number of anilines is 1. The Morgan fingerprint density at radius 2 is 2.20 bits per heavy atom. The molecule has 1 N–H and O–H groups in total. The van der Waals surface area contributed by atoms with E-state index in [0.29, 0.717) is 29.6 Å². The van der Waals surface area contributed by atoms with Gasteiger partial charge in [0, 0.05) is 11.3 Å². The van der Waals surface area contributed by atoms with Gasteiger partial charge in [-0.15, -0.1) is 0 Å². The van der Waals surface area contributed by atoms with Crippen molar-refractivity contribution in [2.75, 3.05) is 19.0 Å². The van der Waals surface area contributed by atoms with E-state index < -0.39 is 6.04 Å². The van der Waals surface area contributed by atoms with E-state index in [-0.39, 0.29) is 5.78 Å². The molecule has 0 saturated carbocycles. The zero-order valence-electron chi connectivity index (χ0n) is 14.5. The molecular weight excluding hydrogens is 388 g/mol. The number of allylic oxidation sites excluding steroid dienone is 2. The van der Waals surface area contributed by atoms with Crippen molar-refractivity contribution in [3.8, 4) is 11.5 Å². The van der Waals surface area contributed by atoms with Crippen molar-refractivity contribution in [3.05, 3.63) is 39.8 Å². The van der Waals surface area contributed by atoms with E-state index in [1.54, 1.807) is 18.7 Å². The van der Waals surface area contributed by atoms with Gasteiger partial charge in [-0.1, -0.05) is 0 Å². The Balaban J connectivity index is 2.20. The number of nitrogens with one attached hydrogen (secondary N) is 1. The number of halogens is 1. The van der Waals surface area contributed by atoms with Crippen molar-refractivity contribution in [2.45, 2.75) is 26.8 Å². The average Bonchev–Trinajstić information content (AvgIpc) is 3.02. The minimum Gasteiger partial charge on any atom is -0.493 e. The molecule has 0 bridgehead atoms. The fraction of sp³-hybridized carbons (Fsp3) is 0.353. The van der Waals surface area contributed by atoms with Crippen molar-refractivity contribution in [3.63, 3.8) is 0 Å². The Morgan fingerprint density at radius 3 is 2.84 bits per heavy atom. The van der Waals surface area contributed by atoms with Gasteiger partial charge in [0.05, 0.1) is 18.2 Å². The zero-order valence-corrected chi connectivity index (χ0v) is 16.0. The highest BCUT2D eigenvalue weighted by Gasteiger charge is 2.32. The molecule has 1 unspecified atom stereocenters. The van der Waals surface area contributed by atoms with Crippen molar-refractivity contribution >= 4 is 27.7 Å². The Labute approximate surface area is 154 Å². The molecular formula is C17H19BrN4O3. The van der Waals surface area contributed by atoms with E-state index >= 15 is 0 Å². The number of ketones is 1. The fourth-order valence-electron chi connectivity index (χ4n) is 3.04. The molecule has 0 spiro atoms. The summed E-state index contributed by atoms with van der Waals surface area (Å²) >= 11 is 3.54. The van der Waals surface area contributed by atoms with Crippen LogP contribution in [0, 0.1) is 0 Å². The van der Waals surface area contributed by atoms with Crippen molar-refractivity contribution < 1.29 is 14.3 Å². The van der Waals surface area contributed by atoms with Crippen LogP contribution in [0.2, 0.25) is 0 Å². The third-order valence-corrected chi connectivity index (χ3v) is 4.62. The molecule has 2 heterocycles. The second kappa shape index (κ2) is 6.87. The number of nitrogens with zero attached hydrogens (tertiary/aromatic N) is 3. The normalized spacial score (nSPS) is 16.3. The van der Waals surface area contributed by atoms with Crippen LogP contribution >= 0.6 is 15.9 Å². The number of rotatable bonds is 5. The van der Waals surface area contributed by atoms with Crippen LogP contribution < -0.4 is 14.8 Å². The molecule has 1 aliphatic heterocycles. The summed E-state index contributed by atoms with van der Waals surface area (Å²) in [5.74, 6) is 1.79. The maximum Gasteiger partial charge on any atom is 0.226 e. The maximum atomic E-state index is 12.3. The molecule has 1 atom stereocenters. The summed E-state index contributed by atoms with van der Waals surface area (Å²) in [5, 5.41) is 7.42. The second-order valence-electron chi connectivity index (χ2n) is 5.62. The Hall–Kier alpha value is -2.35. The number of hydrogen-bond donors (Lipinski definition) is 1. The smallest absolute Gasteiger partial charge is 0.226 e. The van der Waals surface area contributed by atoms with Crippen LogP contribution in [0.5, 0.6) is 11.5 Å². The third-order valence-electron chi connectivity index (χ3n) is 4.03. The molecule has 0 aliphatic carbocycles. The summed E-state index contributed by atoms with van der Waals surface area (Å²) in [6.07, 6.45) is 1.46. The van der Waals surface area contributed by atoms with Crippen LogP contribution in [0.15, 0.2) is 34.2 Å². The monoisotopic (exact) mass is 406 g/mol. The highest BCUT2D eigenvalue weighted by Crippen LogP contribution is 2.42. The summed E-state index contributed by atoms with van der Waals surface area (Å²) < 4.78 is 13.6. The molecule has 1 aromatic heterocycles. The first-order chi connectivity index (χ1) is 12.0. The summed E-state index contributed by atoms with van der Waals surface area (Å²) in [5.41, 5.74) is 2.25. The van der Waals surface area contributed by atoms with Crippen LogP contribution in [-0.2, 0) is 4.79 Å². The quantitative estimate of drug-likeness (QED) is 0.820. The van der Waals surface area contributed by atoms with Gasteiger partial charge in [-0.25, -0.2) is 4.68 Å². The number of methoxy groups -OCH3 is 1. The van der Waals surface area contributed by atoms with Gasteiger partial charge in [-0.05, 0) is 54.4 Å². The first-order valence-electron chi connectivity index (χ1n) is 7.86. The molecule has 0 radical (unpaired) electrons. The van der Waals surface area contributed by atoms with Gasteiger partial charge in [-0.2, -0.15) is 10.1 Å². The number of ether oxygens (including phenoxy) is 2. The van der Waals surface area contributed by atoms with Crippen LogP contribution in [0.25, 0.3) is 0 Å². The van der Waals surface area contributed by atoms with Crippen molar-refractivity contribution in [2.24, 2.45) is 0 Å². The highest BCUT2D eigenvalue weighted by atomic mass is 79.9. The molecule has 8 heteroatoms. The van der Waals surface area contributed by atoms with E-state index in [4.69, 9.17) is 9.47 Å². The Bertz CT molecular complexity index is 860. The highest BCUT2D eigenvalue weighted by molar-refractivity contribution is 9.10. The topological polar surface area (TPSA) is 78.3 Å². The maximum absolute atomic E-state index is 12.3. The molecule has 7 nitrogen and oxygen atoms in total. The van der Waals surface area contributed by atoms with Gasteiger partial charge in [0.25, 0.3) is 0 Å². The summed E-state index contributed by atoms with van der Waals surface area (Å²) in [6, 6.07) is 3.40. The average molecular weight is 407 g/mol. The zero-order chi connectivity index (χ0) is 18.1. The molecule has 2 aromatic rings. The van der Waals surface area contributed by atoms with Gasteiger partial charge < -0.3 is 14.8 Å². The number of benzene rings is 1. The number of Topliss-reactive ketones (excluding diaryl/α,β-unsaturated/α-hetero) is 1. The Kier molecular flexibility index (Phi) is 4.80. The molecule has 0 saturated heterocycles. The lowest BCUT2D eigenvalue weighted by Gasteiger charge is -2.28. The SMILES string of the molecule is CCOc1c(Br)cc(C2C(C(C)=O)=C(C)Nc3ncnn32)cc1OC. The van der Waals surface area contributed by atoms with Gasteiger partial charge in [-0.3, -0.25) is 4.79 Å². The van der Waals surface area contributed by atoms with Crippen molar-refractivity contribution in [1.29, 1.82) is 0 Å². The molecule has 1 aliphatic rings. The summed E-state index contributed by atoms with van der Waals surface area (Å²) in [6.45, 7) is 5.85. The first-order valence-corrected chi connectivity index (χ1v) is 8.65. The predicted molar refractivity (Wildman–Crippen MR) is 97.0 cm³/mol. The van der Waals surface area contributed by atoms with Gasteiger partial charge >= 0.3 is 0 Å². The molecule has 1 aromatic carbocycles. The van der Waals surface area contributed by atoms with E-state index in [0.717, 1.165) is 15.7 Å². The summed E-state index contributed by atoms with van der Waals surface area (Å²) in [4.78, 5) is 16.5. The van der Waals surface area contributed by atoms with E-state index in [2.05, 4.69) is 31.3 Å². The van der Waals surface area contributed by atoms with E-state index in [1.807, 2.05) is 26.0 Å². The third kappa shape index (κ3) is 3.02. The number of hydrogen-bond acceptors (Lipinski definition) is 6. The van der Waals surface area contributed by atoms with E-state index in [1.165, 1.54) is 6.33 Å². The minimum absolute atomic E-state index is 0.0277. The number of fused-ring (bicyclic) bond motifs is 1.